The summed E-state index contributed by atoms with van der Waals surface area (Å²) in [6.07, 6.45) is -0.905. The maximum absolute atomic E-state index is 11.5. The molecule has 3 heterocycles. The molecule has 34 heavy (non-hydrogen) atoms. The first-order valence-corrected chi connectivity index (χ1v) is 12.0. The average molecular weight is 483 g/mol. The van der Waals surface area contributed by atoms with Crippen molar-refractivity contribution in [1.29, 1.82) is 0 Å². The van der Waals surface area contributed by atoms with E-state index in [0.717, 1.165) is 11.4 Å². The molecule has 1 saturated heterocycles. The Labute approximate surface area is 203 Å². The molecule has 1 atom stereocenters. The van der Waals surface area contributed by atoms with Crippen molar-refractivity contribution in [2.24, 2.45) is 0 Å². The summed E-state index contributed by atoms with van der Waals surface area (Å²) in [5.74, 6) is 0.0823. The quantitative estimate of drug-likeness (QED) is 0.463. The van der Waals surface area contributed by atoms with E-state index in [1.807, 2.05) is 0 Å². The Bertz CT molecular complexity index is 1160. The largest absolute Gasteiger partial charge is 0.481 e. The molecule has 1 aromatic carbocycles. The van der Waals surface area contributed by atoms with Crippen LogP contribution in [0.2, 0.25) is 0 Å². The van der Waals surface area contributed by atoms with E-state index in [1.54, 1.807) is 18.3 Å². The number of carboxylic acids is 1. The number of anilines is 1. The van der Waals surface area contributed by atoms with Crippen molar-refractivity contribution in [3.05, 3.63) is 63.9 Å². The SMILES string of the molecule is Cc1nc(CC(=O)O)c(C2OCCO2)c(N[C@H](C)c2ccc(-c3ccccc3CN(C)C)s2)n1. The van der Waals surface area contributed by atoms with E-state index in [-0.39, 0.29) is 12.5 Å². The van der Waals surface area contributed by atoms with Crippen LogP contribution in [-0.2, 0) is 27.2 Å². The fourth-order valence-corrected chi connectivity index (χ4v) is 5.12. The van der Waals surface area contributed by atoms with E-state index in [1.165, 1.54) is 16.0 Å². The van der Waals surface area contributed by atoms with Gasteiger partial charge in [0.2, 0.25) is 0 Å². The fourth-order valence-electron chi connectivity index (χ4n) is 4.05. The maximum atomic E-state index is 11.5. The predicted octanol–water partition coefficient (Wildman–Crippen LogP) is 4.42. The molecule has 0 unspecified atom stereocenters. The molecule has 0 radical (unpaired) electrons. The van der Waals surface area contributed by atoms with Crippen LogP contribution in [0.1, 0.15) is 46.8 Å². The van der Waals surface area contributed by atoms with Crippen molar-refractivity contribution in [3.63, 3.8) is 0 Å². The van der Waals surface area contributed by atoms with Gasteiger partial charge in [-0.3, -0.25) is 4.79 Å². The van der Waals surface area contributed by atoms with Gasteiger partial charge in [-0.15, -0.1) is 11.3 Å². The number of nitrogens with zero attached hydrogens (tertiary/aromatic N) is 3. The molecular formula is C25H30N4O4S. The van der Waals surface area contributed by atoms with Gasteiger partial charge in [0, 0.05) is 16.3 Å². The number of aromatic nitrogens is 2. The van der Waals surface area contributed by atoms with Gasteiger partial charge in [-0.1, -0.05) is 24.3 Å². The summed E-state index contributed by atoms with van der Waals surface area (Å²) in [4.78, 5) is 25.0. The number of carboxylic acid groups (broad SMARTS) is 1. The molecule has 0 aliphatic carbocycles. The van der Waals surface area contributed by atoms with E-state index >= 15 is 0 Å². The van der Waals surface area contributed by atoms with Crippen LogP contribution in [0.5, 0.6) is 0 Å². The van der Waals surface area contributed by atoms with Crippen molar-refractivity contribution in [1.82, 2.24) is 14.9 Å². The van der Waals surface area contributed by atoms with E-state index in [0.29, 0.717) is 36.1 Å². The molecule has 1 aliphatic heterocycles. The van der Waals surface area contributed by atoms with Crippen molar-refractivity contribution in [3.8, 4) is 10.4 Å². The van der Waals surface area contributed by atoms with Crippen LogP contribution in [-0.4, -0.2) is 53.3 Å². The molecule has 3 aromatic rings. The Balaban J connectivity index is 1.63. The van der Waals surface area contributed by atoms with Gasteiger partial charge < -0.3 is 24.8 Å². The molecule has 9 heteroatoms. The number of nitrogens with one attached hydrogen (secondary N) is 1. The molecule has 0 spiro atoms. The van der Waals surface area contributed by atoms with E-state index in [4.69, 9.17) is 9.47 Å². The van der Waals surface area contributed by atoms with Gasteiger partial charge >= 0.3 is 5.97 Å². The van der Waals surface area contributed by atoms with Crippen LogP contribution in [0.15, 0.2) is 36.4 Å². The number of hydrogen-bond donors (Lipinski definition) is 2. The van der Waals surface area contributed by atoms with Gasteiger partial charge in [0.25, 0.3) is 0 Å². The summed E-state index contributed by atoms with van der Waals surface area (Å²) in [6, 6.07) is 12.7. The highest BCUT2D eigenvalue weighted by Gasteiger charge is 2.29. The van der Waals surface area contributed by atoms with Crippen molar-refractivity contribution in [2.75, 3.05) is 32.6 Å². The van der Waals surface area contributed by atoms with Crippen molar-refractivity contribution < 1.29 is 19.4 Å². The third-order valence-corrected chi connectivity index (χ3v) is 6.79. The smallest absolute Gasteiger partial charge is 0.309 e. The summed E-state index contributed by atoms with van der Waals surface area (Å²) < 4.78 is 11.4. The second-order valence-electron chi connectivity index (χ2n) is 8.59. The van der Waals surface area contributed by atoms with Gasteiger partial charge in [0.05, 0.1) is 36.9 Å². The molecule has 2 N–H and O–H groups in total. The van der Waals surface area contributed by atoms with E-state index in [9.17, 15) is 9.90 Å². The molecule has 1 fully saturated rings. The van der Waals surface area contributed by atoms with Crippen molar-refractivity contribution >= 4 is 23.1 Å². The minimum Gasteiger partial charge on any atom is -0.481 e. The van der Waals surface area contributed by atoms with Crippen LogP contribution in [0.4, 0.5) is 5.82 Å². The Morgan fingerprint density at radius 3 is 2.65 bits per heavy atom. The lowest BCUT2D eigenvalue weighted by atomic mass is 10.1. The number of carbonyl (C=O) groups is 1. The molecule has 8 nitrogen and oxygen atoms in total. The maximum Gasteiger partial charge on any atom is 0.309 e. The van der Waals surface area contributed by atoms with Crippen LogP contribution >= 0.6 is 11.3 Å². The summed E-state index contributed by atoms with van der Waals surface area (Å²) >= 11 is 1.73. The first kappa shape index (κ1) is 24.3. The van der Waals surface area contributed by atoms with Crippen LogP contribution < -0.4 is 5.32 Å². The summed E-state index contributed by atoms with van der Waals surface area (Å²) in [7, 11) is 4.14. The molecule has 1 aliphatic rings. The molecule has 0 saturated carbocycles. The van der Waals surface area contributed by atoms with Gasteiger partial charge in [-0.25, -0.2) is 9.97 Å². The first-order chi connectivity index (χ1) is 16.3. The topological polar surface area (TPSA) is 96.8 Å². The summed E-state index contributed by atoms with van der Waals surface area (Å²) in [5.41, 5.74) is 3.48. The van der Waals surface area contributed by atoms with E-state index < -0.39 is 12.3 Å². The molecule has 2 aromatic heterocycles. The van der Waals surface area contributed by atoms with Crippen LogP contribution in [0.3, 0.4) is 0 Å². The minimum atomic E-state index is -0.962. The zero-order valence-electron chi connectivity index (χ0n) is 19.9. The number of aryl methyl sites for hydroxylation is 1. The van der Waals surface area contributed by atoms with E-state index in [2.05, 4.69) is 77.6 Å². The highest BCUT2D eigenvalue weighted by Crippen LogP contribution is 2.37. The zero-order valence-corrected chi connectivity index (χ0v) is 20.7. The molecule has 4 rings (SSSR count). The lowest BCUT2D eigenvalue weighted by Gasteiger charge is -2.21. The Morgan fingerprint density at radius 2 is 1.94 bits per heavy atom. The second kappa shape index (κ2) is 10.6. The average Bonchev–Trinajstić information content (AvgIpc) is 3.45. The number of thiophene rings is 1. The van der Waals surface area contributed by atoms with Crippen LogP contribution in [0, 0.1) is 6.92 Å². The minimum absolute atomic E-state index is 0.0631. The standard InChI is InChI=1S/C25H30N4O4S/c1-15(20-9-10-21(34-20)18-8-6-5-7-17(18)14-29(3)4)26-24-23(25-32-11-12-33-25)19(13-22(30)31)27-16(2)28-24/h5-10,15,25H,11-14H2,1-4H3,(H,30,31)(H,26,27,28)/t15-/m1/s1. The fraction of sp³-hybridized carbons (Fsp3) is 0.400. The van der Waals surface area contributed by atoms with Gasteiger partial charge in [-0.2, -0.15) is 0 Å². The third-order valence-electron chi connectivity index (χ3n) is 5.49. The van der Waals surface area contributed by atoms with Crippen LogP contribution in [0.25, 0.3) is 10.4 Å². The number of hydrogen-bond acceptors (Lipinski definition) is 8. The Morgan fingerprint density at radius 1 is 1.21 bits per heavy atom. The van der Waals surface area contributed by atoms with Gasteiger partial charge in [0.1, 0.15) is 11.6 Å². The molecule has 180 valence electrons. The lowest BCUT2D eigenvalue weighted by Crippen LogP contribution is -2.17. The summed E-state index contributed by atoms with van der Waals surface area (Å²) in [5, 5.41) is 12.9. The number of ether oxygens (including phenoxy) is 2. The first-order valence-electron chi connectivity index (χ1n) is 11.2. The van der Waals surface area contributed by atoms with Crippen molar-refractivity contribution in [2.45, 2.75) is 39.1 Å². The Hall–Kier alpha value is -2.85. The highest BCUT2D eigenvalue weighted by molar-refractivity contribution is 7.15. The predicted molar refractivity (Wildman–Crippen MR) is 132 cm³/mol. The zero-order chi connectivity index (χ0) is 24.2. The lowest BCUT2D eigenvalue weighted by molar-refractivity contribution is -0.136. The molecular weight excluding hydrogens is 452 g/mol. The monoisotopic (exact) mass is 482 g/mol. The normalized spacial score (nSPS) is 15.1. The number of benzene rings is 1. The second-order valence-corrected chi connectivity index (χ2v) is 9.70. The molecule has 0 bridgehead atoms. The number of rotatable bonds is 9. The summed E-state index contributed by atoms with van der Waals surface area (Å²) in [6.45, 7) is 5.58. The highest BCUT2D eigenvalue weighted by atomic mass is 32.1. The number of aliphatic carboxylic acids is 1. The Kier molecular flexibility index (Phi) is 7.57. The van der Waals surface area contributed by atoms with Gasteiger partial charge in [-0.05, 0) is 51.2 Å². The third kappa shape index (κ3) is 5.61. The van der Waals surface area contributed by atoms with Gasteiger partial charge in [0.15, 0.2) is 6.29 Å². The molecule has 0 amide bonds.